The molecule has 2 N–H and O–H groups in total. The number of aromatic nitrogens is 2. The van der Waals surface area contributed by atoms with Crippen LogP contribution in [0.3, 0.4) is 0 Å². The molecule has 1 saturated carbocycles. The van der Waals surface area contributed by atoms with Gasteiger partial charge in [-0.1, -0.05) is 13.8 Å². The Morgan fingerprint density at radius 2 is 2.10 bits per heavy atom. The summed E-state index contributed by atoms with van der Waals surface area (Å²) in [6, 6.07) is 2.18. The first-order chi connectivity index (χ1) is 9.54. The third-order valence-corrected chi connectivity index (χ3v) is 5.41. The number of fused-ring (bicyclic) bond motifs is 1. The van der Waals surface area contributed by atoms with Gasteiger partial charge in [0.2, 0.25) is 5.95 Å². The molecule has 0 aromatic carbocycles. The number of anilines is 2. The molecular weight excluding hydrogens is 268 g/mol. The highest BCUT2D eigenvalue weighted by atomic mass is 32.1. The molecule has 2 heterocycles. The van der Waals surface area contributed by atoms with Gasteiger partial charge in [0.05, 0.1) is 5.39 Å². The molecule has 3 rings (SSSR count). The van der Waals surface area contributed by atoms with Crippen LogP contribution < -0.4 is 10.6 Å². The van der Waals surface area contributed by atoms with Gasteiger partial charge >= 0.3 is 0 Å². The number of nitrogens with one attached hydrogen (secondary N) is 2. The summed E-state index contributed by atoms with van der Waals surface area (Å²) in [5.74, 6) is 2.38. The summed E-state index contributed by atoms with van der Waals surface area (Å²) in [5.41, 5.74) is 0.474. The van der Waals surface area contributed by atoms with Crippen LogP contribution in [0.25, 0.3) is 10.2 Å². The van der Waals surface area contributed by atoms with Crippen LogP contribution >= 0.6 is 11.3 Å². The summed E-state index contributed by atoms with van der Waals surface area (Å²) in [7, 11) is 1.86. The average Bonchev–Trinajstić information content (AvgIpc) is 3.11. The van der Waals surface area contributed by atoms with Gasteiger partial charge in [-0.2, -0.15) is 4.98 Å². The van der Waals surface area contributed by atoms with Crippen molar-refractivity contribution < 1.29 is 0 Å². The molecule has 0 unspecified atom stereocenters. The summed E-state index contributed by atoms with van der Waals surface area (Å²) in [6.07, 6.45) is 2.65. The van der Waals surface area contributed by atoms with Gasteiger partial charge < -0.3 is 10.6 Å². The number of thiophene rings is 1. The van der Waals surface area contributed by atoms with Crippen molar-refractivity contribution in [2.24, 2.45) is 11.3 Å². The highest BCUT2D eigenvalue weighted by Gasteiger charge is 2.45. The van der Waals surface area contributed by atoms with E-state index in [1.165, 1.54) is 17.7 Å². The lowest BCUT2D eigenvalue weighted by atomic mass is 9.92. The largest absolute Gasteiger partial charge is 0.369 e. The van der Waals surface area contributed by atoms with Crippen LogP contribution in [0.5, 0.6) is 0 Å². The summed E-state index contributed by atoms with van der Waals surface area (Å²) < 4.78 is 0. The Bertz CT molecular complexity index is 628. The van der Waals surface area contributed by atoms with Gasteiger partial charge in [-0.05, 0) is 37.2 Å². The van der Waals surface area contributed by atoms with E-state index in [-0.39, 0.29) is 0 Å². The summed E-state index contributed by atoms with van der Waals surface area (Å²) in [6.45, 7) is 7.76. The van der Waals surface area contributed by atoms with Gasteiger partial charge in [0.25, 0.3) is 0 Å². The molecule has 1 fully saturated rings. The highest BCUT2D eigenvalue weighted by molar-refractivity contribution is 7.18. The van der Waals surface area contributed by atoms with Crippen molar-refractivity contribution in [3.8, 4) is 0 Å². The molecule has 5 heteroatoms. The van der Waals surface area contributed by atoms with Crippen molar-refractivity contribution in [3.05, 3.63) is 10.9 Å². The molecule has 0 radical (unpaired) electrons. The van der Waals surface area contributed by atoms with Gasteiger partial charge in [-0.25, -0.2) is 4.98 Å². The second-order valence-electron chi connectivity index (χ2n) is 6.09. The minimum absolute atomic E-state index is 0.474. The molecule has 108 valence electrons. The Labute approximate surface area is 124 Å². The van der Waals surface area contributed by atoms with E-state index in [1.807, 2.05) is 7.05 Å². The van der Waals surface area contributed by atoms with E-state index >= 15 is 0 Å². The smallest absolute Gasteiger partial charge is 0.225 e. The zero-order valence-corrected chi connectivity index (χ0v) is 13.4. The van der Waals surface area contributed by atoms with Crippen LogP contribution in [-0.2, 0) is 0 Å². The summed E-state index contributed by atoms with van der Waals surface area (Å²) in [4.78, 5) is 11.5. The minimum atomic E-state index is 0.474. The fraction of sp³-hybridized carbons (Fsp3) is 0.600. The zero-order valence-electron chi connectivity index (χ0n) is 12.6. The number of nitrogens with zero attached hydrogens (tertiary/aromatic N) is 2. The van der Waals surface area contributed by atoms with Gasteiger partial charge in [0.1, 0.15) is 10.6 Å². The van der Waals surface area contributed by atoms with Gasteiger partial charge in [-0.15, -0.1) is 11.3 Å². The lowest BCUT2D eigenvalue weighted by Gasteiger charge is -2.20. The third kappa shape index (κ3) is 2.35. The van der Waals surface area contributed by atoms with E-state index in [4.69, 9.17) is 0 Å². The molecule has 2 aromatic rings. The Hall–Kier alpha value is -1.36. The Morgan fingerprint density at radius 3 is 2.70 bits per heavy atom. The summed E-state index contributed by atoms with van der Waals surface area (Å²) in [5, 5.41) is 7.77. The second kappa shape index (κ2) is 4.88. The van der Waals surface area contributed by atoms with Crippen LogP contribution in [0, 0.1) is 18.3 Å². The first-order valence-corrected chi connectivity index (χ1v) is 8.05. The topological polar surface area (TPSA) is 49.8 Å². The number of hydrogen-bond donors (Lipinski definition) is 2. The Morgan fingerprint density at radius 1 is 1.35 bits per heavy atom. The van der Waals surface area contributed by atoms with E-state index in [2.05, 4.69) is 47.4 Å². The van der Waals surface area contributed by atoms with Crippen molar-refractivity contribution in [2.45, 2.75) is 33.6 Å². The maximum Gasteiger partial charge on any atom is 0.225 e. The van der Waals surface area contributed by atoms with Crippen molar-refractivity contribution >= 4 is 33.3 Å². The fourth-order valence-corrected chi connectivity index (χ4v) is 3.55. The number of rotatable bonds is 5. The standard InChI is InChI=1S/C15H22N4S/c1-9(2)15(5-6-15)8-17-12-11-7-10(3)20-13(11)19-14(16-4)18-12/h7,9H,5-6,8H2,1-4H3,(H2,16,17,18,19). The minimum Gasteiger partial charge on any atom is -0.369 e. The monoisotopic (exact) mass is 290 g/mol. The van der Waals surface area contributed by atoms with Crippen molar-refractivity contribution in [1.29, 1.82) is 0 Å². The molecule has 1 aliphatic rings. The maximum absolute atomic E-state index is 4.60. The van der Waals surface area contributed by atoms with Crippen molar-refractivity contribution in [3.63, 3.8) is 0 Å². The molecule has 0 aliphatic heterocycles. The molecule has 0 amide bonds. The van der Waals surface area contributed by atoms with Crippen LogP contribution in [-0.4, -0.2) is 23.6 Å². The van der Waals surface area contributed by atoms with Gasteiger partial charge in [-0.3, -0.25) is 0 Å². The average molecular weight is 290 g/mol. The van der Waals surface area contributed by atoms with Crippen molar-refractivity contribution in [2.75, 3.05) is 24.2 Å². The van der Waals surface area contributed by atoms with E-state index in [1.54, 1.807) is 11.3 Å². The van der Waals surface area contributed by atoms with E-state index < -0.39 is 0 Å². The molecule has 0 atom stereocenters. The lowest BCUT2D eigenvalue weighted by molar-refractivity contribution is 0.380. The van der Waals surface area contributed by atoms with Crippen LogP contribution in [0.2, 0.25) is 0 Å². The van der Waals surface area contributed by atoms with E-state index in [9.17, 15) is 0 Å². The van der Waals surface area contributed by atoms with E-state index in [0.717, 1.165) is 28.5 Å². The first kappa shape index (κ1) is 13.6. The lowest BCUT2D eigenvalue weighted by Crippen LogP contribution is -2.21. The summed E-state index contributed by atoms with van der Waals surface area (Å²) >= 11 is 1.72. The van der Waals surface area contributed by atoms with Gasteiger partial charge in [0, 0.05) is 18.5 Å². The normalized spacial score (nSPS) is 16.6. The SMILES string of the molecule is CNc1nc(NCC2(C(C)C)CC2)c2cc(C)sc2n1. The predicted molar refractivity (Wildman–Crippen MR) is 86.7 cm³/mol. The van der Waals surface area contributed by atoms with Crippen LogP contribution in [0.15, 0.2) is 6.07 Å². The van der Waals surface area contributed by atoms with Crippen molar-refractivity contribution in [1.82, 2.24) is 9.97 Å². The Kier molecular flexibility index (Phi) is 3.32. The maximum atomic E-state index is 4.60. The third-order valence-electron chi connectivity index (χ3n) is 4.46. The van der Waals surface area contributed by atoms with Crippen LogP contribution in [0.1, 0.15) is 31.6 Å². The first-order valence-electron chi connectivity index (χ1n) is 7.24. The molecule has 4 nitrogen and oxygen atoms in total. The molecule has 2 aromatic heterocycles. The second-order valence-corrected chi connectivity index (χ2v) is 7.33. The zero-order chi connectivity index (χ0) is 14.3. The molecule has 0 saturated heterocycles. The predicted octanol–water partition coefficient (Wildman–Crippen LogP) is 3.89. The molecule has 1 aliphatic carbocycles. The Balaban J connectivity index is 1.90. The highest BCUT2D eigenvalue weighted by Crippen LogP contribution is 2.51. The fourth-order valence-electron chi connectivity index (χ4n) is 2.67. The van der Waals surface area contributed by atoms with Crippen LogP contribution in [0.4, 0.5) is 11.8 Å². The molecular formula is C15H22N4S. The number of aryl methyl sites for hydroxylation is 1. The van der Waals surface area contributed by atoms with E-state index in [0.29, 0.717) is 11.4 Å². The molecule has 20 heavy (non-hydrogen) atoms. The quantitative estimate of drug-likeness (QED) is 0.877. The molecule has 0 spiro atoms. The molecule has 0 bridgehead atoms. The number of hydrogen-bond acceptors (Lipinski definition) is 5. The van der Waals surface area contributed by atoms with Gasteiger partial charge in [0.15, 0.2) is 0 Å².